The number of fused-ring (bicyclic) bond motifs is 1. The topological polar surface area (TPSA) is 71.8 Å². The Bertz CT molecular complexity index is 818. The van der Waals surface area contributed by atoms with Crippen LogP contribution in [0, 0.1) is 0 Å². The van der Waals surface area contributed by atoms with Gasteiger partial charge in [0.15, 0.2) is 0 Å². The van der Waals surface area contributed by atoms with Gasteiger partial charge < -0.3 is 14.1 Å². The van der Waals surface area contributed by atoms with E-state index >= 15 is 0 Å². The van der Waals surface area contributed by atoms with Crippen molar-refractivity contribution >= 4 is 28.4 Å². The first kappa shape index (κ1) is 17.2. The van der Waals surface area contributed by atoms with Crippen LogP contribution >= 0.6 is 0 Å². The highest BCUT2D eigenvalue weighted by molar-refractivity contribution is 6.34. The average Bonchev–Trinajstić information content (AvgIpc) is 3.21. The summed E-state index contributed by atoms with van der Waals surface area (Å²) in [4.78, 5) is 25.6. The predicted octanol–water partition coefficient (Wildman–Crippen LogP) is 2.58. The normalized spacial score (nSPS) is 14.3. The second kappa shape index (κ2) is 7.53. The van der Waals surface area contributed by atoms with Crippen LogP contribution in [0.2, 0.25) is 0 Å². The zero-order valence-electron chi connectivity index (χ0n) is 14.5. The zero-order chi connectivity index (χ0) is 17.8. The molecule has 1 N–H and O–H groups in total. The Balaban J connectivity index is 1.75. The van der Waals surface area contributed by atoms with Crippen LogP contribution in [0.5, 0.6) is 5.75 Å². The van der Waals surface area contributed by atoms with E-state index in [1.165, 1.54) is 6.08 Å². The summed E-state index contributed by atoms with van der Waals surface area (Å²) in [6.07, 6.45) is 3.79. The Hall–Kier alpha value is -2.60. The summed E-state index contributed by atoms with van der Waals surface area (Å²) in [5.41, 5.74) is 1.47. The summed E-state index contributed by atoms with van der Waals surface area (Å²) in [7, 11) is 0. The molecule has 1 aliphatic heterocycles. The monoisotopic (exact) mass is 342 g/mol. The summed E-state index contributed by atoms with van der Waals surface area (Å²) >= 11 is 0. The molecular formula is C19H22N2O4. The smallest absolute Gasteiger partial charge is 0.259 e. The molecular weight excluding hydrogens is 320 g/mol. The Morgan fingerprint density at radius 1 is 1.16 bits per heavy atom. The highest BCUT2D eigenvalue weighted by Gasteiger charge is 2.25. The maximum atomic E-state index is 11.9. The van der Waals surface area contributed by atoms with E-state index in [0.717, 1.165) is 37.2 Å². The number of furan rings is 1. The fraction of sp³-hybridized carbons (Fsp3) is 0.368. The first-order valence-corrected chi connectivity index (χ1v) is 8.56. The van der Waals surface area contributed by atoms with Gasteiger partial charge in [0.25, 0.3) is 11.8 Å². The fourth-order valence-corrected chi connectivity index (χ4v) is 3.00. The van der Waals surface area contributed by atoms with E-state index in [9.17, 15) is 9.59 Å². The van der Waals surface area contributed by atoms with Crippen molar-refractivity contribution in [1.29, 1.82) is 0 Å². The highest BCUT2D eigenvalue weighted by atomic mass is 16.5. The number of rotatable bonds is 8. The van der Waals surface area contributed by atoms with E-state index in [4.69, 9.17) is 9.15 Å². The Kier molecular flexibility index (Phi) is 5.19. The summed E-state index contributed by atoms with van der Waals surface area (Å²) in [5.74, 6) is -0.0931. The van der Waals surface area contributed by atoms with Crippen molar-refractivity contribution in [3.63, 3.8) is 0 Å². The van der Waals surface area contributed by atoms with Gasteiger partial charge in [0, 0.05) is 18.2 Å². The number of nitrogens with one attached hydrogen (secondary N) is 1. The van der Waals surface area contributed by atoms with Crippen molar-refractivity contribution < 1.29 is 18.7 Å². The van der Waals surface area contributed by atoms with Crippen LogP contribution in [0.3, 0.4) is 0 Å². The van der Waals surface area contributed by atoms with Crippen molar-refractivity contribution in [2.75, 3.05) is 26.2 Å². The van der Waals surface area contributed by atoms with Crippen LogP contribution in [-0.2, 0) is 9.59 Å². The van der Waals surface area contributed by atoms with Gasteiger partial charge in [-0.15, -0.1) is 0 Å². The first-order valence-electron chi connectivity index (χ1n) is 8.56. The molecule has 0 radical (unpaired) electrons. The van der Waals surface area contributed by atoms with E-state index < -0.39 is 11.8 Å². The molecule has 2 amide bonds. The molecule has 0 spiro atoms. The van der Waals surface area contributed by atoms with Gasteiger partial charge in [-0.2, -0.15) is 0 Å². The number of hydrogen-bond acceptors (Lipinski definition) is 5. The molecule has 25 heavy (non-hydrogen) atoms. The number of carbonyl (C=O) groups excluding carboxylic acids is 2. The number of ether oxygens (including phenoxy) is 1. The summed E-state index contributed by atoms with van der Waals surface area (Å²) in [5, 5.41) is 3.05. The highest BCUT2D eigenvalue weighted by Crippen LogP contribution is 2.34. The maximum Gasteiger partial charge on any atom is 0.259 e. The maximum absolute atomic E-state index is 11.9. The van der Waals surface area contributed by atoms with Crippen LogP contribution in [-0.4, -0.2) is 43.0 Å². The molecule has 2 heterocycles. The predicted molar refractivity (Wildman–Crippen MR) is 95.2 cm³/mol. The molecule has 1 aliphatic rings. The molecule has 1 aromatic heterocycles. The third-order valence-corrected chi connectivity index (χ3v) is 4.39. The molecule has 0 unspecified atom stereocenters. The van der Waals surface area contributed by atoms with Gasteiger partial charge in [0.05, 0.1) is 23.8 Å². The average molecular weight is 342 g/mol. The third kappa shape index (κ3) is 3.58. The Labute approximate surface area is 146 Å². The van der Waals surface area contributed by atoms with Crippen molar-refractivity contribution in [2.45, 2.75) is 20.3 Å². The lowest BCUT2D eigenvalue weighted by molar-refractivity contribution is -0.123. The first-order chi connectivity index (χ1) is 12.1. The Morgan fingerprint density at radius 3 is 2.64 bits per heavy atom. The lowest BCUT2D eigenvalue weighted by atomic mass is 10.0. The van der Waals surface area contributed by atoms with Gasteiger partial charge in [-0.3, -0.25) is 14.9 Å². The van der Waals surface area contributed by atoms with Gasteiger partial charge in [-0.1, -0.05) is 13.8 Å². The standard InChI is InChI=1S/C19H22N2O4/c1-3-21(4-2)9-5-10-24-16-7-6-13(18-14(16)8-11-25-18)15-12-17(22)20-19(15)23/h6-8,11-12H,3-5,9-10H2,1-2H3,(H,20,22,23). The van der Waals surface area contributed by atoms with Crippen LogP contribution in [0.4, 0.5) is 0 Å². The van der Waals surface area contributed by atoms with Crippen LogP contribution in [0.1, 0.15) is 25.8 Å². The van der Waals surface area contributed by atoms with E-state index in [1.807, 2.05) is 12.1 Å². The molecule has 0 fully saturated rings. The van der Waals surface area contributed by atoms with Crippen LogP contribution in [0.15, 0.2) is 35.0 Å². The van der Waals surface area contributed by atoms with Gasteiger partial charge in [-0.25, -0.2) is 0 Å². The van der Waals surface area contributed by atoms with Crippen LogP contribution < -0.4 is 10.1 Å². The minimum Gasteiger partial charge on any atom is -0.493 e. The molecule has 6 heteroatoms. The number of benzene rings is 1. The van der Waals surface area contributed by atoms with Crippen molar-refractivity contribution in [2.24, 2.45) is 0 Å². The zero-order valence-corrected chi connectivity index (χ0v) is 14.5. The minimum absolute atomic E-state index is 0.318. The van der Waals surface area contributed by atoms with Gasteiger partial charge in [0.2, 0.25) is 0 Å². The summed E-state index contributed by atoms with van der Waals surface area (Å²) < 4.78 is 11.5. The second-order valence-corrected chi connectivity index (χ2v) is 5.88. The molecule has 1 aromatic carbocycles. The van der Waals surface area contributed by atoms with Crippen molar-refractivity contribution in [3.8, 4) is 5.75 Å². The number of amides is 2. The number of carbonyl (C=O) groups is 2. The van der Waals surface area contributed by atoms with E-state index in [2.05, 4.69) is 24.1 Å². The lowest BCUT2D eigenvalue weighted by Crippen LogP contribution is -2.25. The number of nitrogens with zero attached hydrogens (tertiary/aromatic N) is 1. The van der Waals surface area contributed by atoms with Crippen LogP contribution in [0.25, 0.3) is 16.5 Å². The van der Waals surface area contributed by atoms with E-state index in [1.54, 1.807) is 12.3 Å². The molecule has 0 bridgehead atoms. The molecule has 0 atom stereocenters. The van der Waals surface area contributed by atoms with Gasteiger partial charge >= 0.3 is 0 Å². The largest absolute Gasteiger partial charge is 0.493 e. The van der Waals surface area contributed by atoms with Crippen molar-refractivity contribution in [3.05, 3.63) is 36.1 Å². The summed E-state index contributed by atoms with van der Waals surface area (Å²) in [6.45, 7) is 7.97. The minimum atomic E-state index is -0.407. The molecule has 132 valence electrons. The second-order valence-electron chi connectivity index (χ2n) is 5.88. The fourth-order valence-electron chi connectivity index (χ4n) is 3.00. The molecule has 0 saturated heterocycles. The Morgan fingerprint density at radius 2 is 1.96 bits per heavy atom. The van der Waals surface area contributed by atoms with E-state index in [0.29, 0.717) is 23.3 Å². The van der Waals surface area contributed by atoms with Gasteiger partial charge in [0.1, 0.15) is 11.3 Å². The molecule has 0 aliphatic carbocycles. The SMILES string of the molecule is CCN(CC)CCCOc1ccc(C2=CC(=O)NC2=O)c2occc12. The van der Waals surface area contributed by atoms with E-state index in [-0.39, 0.29) is 0 Å². The molecule has 6 nitrogen and oxygen atoms in total. The molecule has 2 aromatic rings. The number of hydrogen-bond donors (Lipinski definition) is 1. The molecule has 0 saturated carbocycles. The lowest BCUT2D eigenvalue weighted by Gasteiger charge is -2.17. The molecule has 3 rings (SSSR count). The van der Waals surface area contributed by atoms with Crippen molar-refractivity contribution in [1.82, 2.24) is 10.2 Å². The summed E-state index contributed by atoms with van der Waals surface area (Å²) in [6, 6.07) is 5.39. The third-order valence-electron chi connectivity index (χ3n) is 4.39. The van der Waals surface area contributed by atoms with Gasteiger partial charge in [-0.05, 0) is 37.7 Å². The number of imide groups is 1. The quantitative estimate of drug-likeness (QED) is 0.590.